The van der Waals surface area contributed by atoms with Crippen molar-refractivity contribution < 1.29 is 13.2 Å². The number of aromatic nitrogens is 3. The largest absolute Gasteiger partial charge is 0.305 e. The van der Waals surface area contributed by atoms with Gasteiger partial charge in [-0.3, -0.25) is 14.9 Å². The normalized spacial score (nSPS) is 11.8. The van der Waals surface area contributed by atoms with Crippen LogP contribution in [0.5, 0.6) is 0 Å². The molecule has 158 valence electrons. The lowest BCUT2D eigenvalue weighted by Gasteiger charge is -2.21. The number of rotatable bonds is 6. The highest BCUT2D eigenvalue weighted by molar-refractivity contribution is 7.89. The highest BCUT2D eigenvalue weighted by Crippen LogP contribution is 2.27. The monoisotopic (exact) mass is 447 g/mol. The molecule has 3 rings (SSSR count). The molecular formula is C20H22ClN5O3S. The van der Waals surface area contributed by atoms with Crippen LogP contribution < -0.4 is 5.32 Å². The number of anilines is 1. The van der Waals surface area contributed by atoms with Gasteiger partial charge in [0.15, 0.2) is 5.82 Å². The van der Waals surface area contributed by atoms with Gasteiger partial charge < -0.3 is 5.32 Å². The Balaban J connectivity index is 1.91. The van der Waals surface area contributed by atoms with E-state index < -0.39 is 15.9 Å². The first-order valence-corrected chi connectivity index (χ1v) is 11.0. The fourth-order valence-electron chi connectivity index (χ4n) is 2.78. The number of carbonyl (C=O) groups is 1. The summed E-state index contributed by atoms with van der Waals surface area (Å²) in [5.41, 5.74) is 2.39. The summed E-state index contributed by atoms with van der Waals surface area (Å²) < 4.78 is 26.8. The van der Waals surface area contributed by atoms with Crippen molar-refractivity contribution in [3.05, 3.63) is 58.9 Å². The minimum atomic E-state index is -3.76. The highest BCUT2D eigenvalue weighted by atomic mass is 35.5. The van der Waals surface area contributed by atoms with Crippen LogP contribution in [0.3, 0.4) is 0 Å². The van der Waals surface area contributed by atoms with E-state index in [0.29, 0.717) is 5.82 Å². The molecule has 8 nitrogen and oxygen atoms in total. The van der Waals surface area contributed by atoms with Crippen LogP contribution in [0, 0.1) is 6.92 Å². The molecule has 10 heteroatoms. The van der Waals surface area contributed by atoms with Crippen molar-refractivity contribution in [1.82, 2.24) is 19.5 Å². The van der Waals surface area contributed by atoms with Crippen LogP contribution in [0.1, 0.15) is 29.8 Å². The number of carbonyl (C=O) groups excluding carboxylic acids is 1. The molecule has 0 atom stereocenters. The predicted molar refractivity (Wildman–Crippen MR) is 116 cm³/mol. The number of hydrogen-bond acceptors (Lipinski definition) is 5. The number of hydrogen-bond donors (Lipinski definition) is 2. The molecule has 0 spiro atoms. The lowest BCUT2D eigenvalue weighted by Crippen LogP contribution is -2.33. The maximum Gasteiger partial charge on any atom is 0.258 e. The summed E-state index contributed by atoms with van der Waals surface area (Å²) in [4.78, 5) is 16.8. The smallest absolute Gasteiger partial charge is 0.258 e. The molecule has 0 aliphatic heterocycles. The number of aromatic amines is 1. The molecule has 2 N–H and O–H groups in total. The third-order valence-corrected chi connectivity index (χ3v) is 7.16. The van der Waals surface area contributed by atoms with E-state index in [4.69, 9.17) is 11.6 Å². The Kier molecular flexibility index (Phi) is 6.25. The van der Waals surface area contributed by atoms with Crippen LogP contribution >= 0.6 is 11.6 Å². The molecule has 1 amide bonds. The average Bonchev–Trinajstić information content (AvgIpc) is 3.08. The Hall–Kier alpha value is -2.75. The van der Waals surface area contributed by atoms with E-state index in [1.165, 1.54) is 29.6 Å². The van der Waals surface area contributed by atoms with Gasteiger partial charge in [-0.05, 0) is 51.1 Å². The first-order chi connectivity index (χ1) is 14.1. The number of amides is 1. The summed E-state index contributed by atoms with van der Waals surface area (Å²) in [6.45, 7) is 5.35. The number of halogens is 1. The Morgan fingerprint density at radius 3 is 2.50 bits per heavy atom. The number of pyridine rings is 1. The lowest BCUT2D eigenvalue weighted by atomic mass is 10.1. The molecule has 0 unspecified atom stereocenters. The molecule has 0 saturated heterocycles. The number of sulfonamides is 1. The highest BCUT2D eigenvalue weighted by Gasteiger charge is 2.25. The van der Waals surface area contributed by atoms with E-state index in [9.17, 15) is 13.2 Å². The summed E-state index contributed by atoms with van der Waals surface area (Å²) >= 11 is 6.19. The van der Waals surface area contributed by atoms with E-state index in [2.05, 4.69) is 20.5 Å². The molecule has 1 aromatic carbocycles. The molecule has 3 aromatic rings. The fourth-order valence-corrected chi connectivity index (χ4v) is 4.37. The number of H-pyrrole nitrogens is 1. The van der Waals surface area contributed by atoms with E-state index in [0.717, 1.165) is 16.8 Å². The van der Waals surface area contributed by atoms with Crippen LogP contribution in [0.15, 0.2) is 47.6 Å². The van der Waals surface area contributed by atoms with Gasteiger partial charge in [0.25, 0.3) is 5.91 Å². The zero-order valence-electron chi connectivity index (χ0n) is 17.0. The van der Waals surface area contributed by atoms with Crippen molar-refractivity contribution in [1.29, 1.82) is 0 Å². The van der Waals surface area contributed by atoms with Gasteiger partial charge in [-0.2, -0.15) is 9.40 Å². The Bertz CT molecular complexity index is 1180. The molecule has 0 saturated carbocycles. The van der Waals surface area contributed by atoms with Crippen molar-refractivity contribution in [2.75, 3.05) is 12.4 Å². The summed E-state index contributed by atoms with van der Waals surface area (Å²) in [5, 5.41) is 9.90. The van der Waals surface area contributed by atoms with Crippen LogP contribution in [-0.2, 0) is 10.0 Å². The van der Waals surface area contributed by atoms with Gasteiger partial charge in [0.1, 0.15) is 0 Å². The third-order valence-electron chi connectivity index (χ3n) is 4.80. The summed E-state index contributed by atoms with van der Waals surface area (Å²) in [7, 11) is -2.27. The quantitative estimate of drug-likeness (QED) is 0.598. The van der Waals surface area contributed by atoms with Crippen molar-refractivity contribution in [2.24, 2.45) is 0 Å². The average molecular weight is 448 g/mol. The van der Waals surface area contributed by atoms with Gasteiger partial charge in [0.2, 0.25) is 10.0 Å². The topological polar surface area (TPSA) is 108 Å². The van der Waals surface area contributed by atoms with Crippen molar-refractivity contribution in [2.45, 2.75) is 31.7 Å². The number of benzene rings is 1. The van der Waals surface area contributed by atoms with Gasteiger partial charge in [0.05, 0.1) is 21.2 Å². The molecule has 0 radical (unpaired) electrons. The fraction of sp³-hybridized carbons (Fsp3) is 0.250. The molecule has 0 fully saturated rings. The van der Waals surface area contributed by atoms with Crippen molar-refractivity contribution in [3.8, 4) is 11.3 Å². The van der Waals surface area contributed by atoms with Crippen molar-refractivity contribution in [3.63, 3.8) is 0 Å². The molecule has 0 aliphatic rings. The summed E-state index contributed by atoms with van der Waals surface area (Å²) in [6.07, 6.45) is 3.32. The standard InChI is InChI=1S/C20H22ClN5O3S/c1-12(2)26(4)30(28,29)15-5-6-17(21)16(11-15)20(27)23-19-13(3)18(24-25-19)14-7-9-22-10-8-14/h5-12H,1-4H3,(H2,23,24,25,27). The van der Waals surface area contributed by atoms with Crippen LogP contribution in [0.4, 0.5) is 5.82 Å². The van der Waals surface area contributed by atoms with Gasteiger partial charge in [-0.15, -0.1) is 0 Å². The maximum absolute atomic E-state index is 12.8. The van der Waals surface area contributed by atoms with Gasteiger partial charge in [-0.25, -0.2) is 8.42 Å². The Morgan fingerprint density at radius 1 is 1.20 bits per heavy atom. The van der Waals surface area contributed by atoms with Gasteiger partial charge >= 0.3 is 0 Å². The Morgan fingerprint density at radius 2 is 1.87 bits per heavy atom. The third kappa shape index (κ3) is 4.23. The number of nitrogens with one attached hydrogen (secondary N) is 2. The number of nitrogens with zero attached hydrogens (tertiary/aromatic N) is 3. The van der Waals surface area contributed by atoms with E-state index in [1.54, 1.807) is 26.2 Å². The van der Waals surface area contributed by atoms with Crippen LogP contribution in [-0.4, -0.2) is 46.9 Å². The molecule has 0 bridgehead atoms. The van der Waals surface area contributed by atoms with E-state index >= 15 is 0 Å². The minimum Gasteiger partial charge on any atom is -0.305 e. The van der Waals surface area contributed by atoms with Gasteiger partial charge in [0, 0.05) is 36.6 Å². The maximum atomic E-state index is 12.8. The Labute approximate surface area is 180 Å². The molecule has 2 aromatic heterocycles. The first-order valence-electron chi connectivity index (χ1n) is 9.17. The van der Waals surface area contributed by atoms with E-state index in [-0.39, 0.29) is 21.5 Å². The van der Waals surface area contributed by atoms with Crippen LogP contribution in [0.25, 0.3) is 11.3 Å². The zero-order chi connectivity index (χ0) is 22.1. The van der Waals surface area contributed by atoms with Crippen molar-refractivity contribution >= 4 is 33.3 Å². The zero-order valence-corrected chi connectivity index (χ0v) is 18.5. The second-order valence-electron chi connectivity index (χ2n) is 7.02. The summed E-state index contributed by atoms with van der Waals surface area (Å²) in [6, 6.07) is 7.47. The first kappa shape index (κ1) is 21.9. The SMILES string of the molecule is Cc1c(NC(=O)c2cc(S(=O)(=O)N(C)C(C)C)ccc2Cl)n[nH]c1-c1ccncc1. The summed E-state index contributed by atoms with van der Waals surface area (Å²) in [5.74, 6) is -0.226. The minimum absolute atomic E-state index is 0.00975. The van der Waals surface area contributed by atoms with Gasteiger partial charge in [-0.1, -0.05) is 11.6 Å². The lowest BCUT2D eigenvalue weighted by molar-refractivity contribution is 0.102. The second-order valence-corrected chi connectivity index (χ2v) is 9.42. The molecule has 0 aliphatic carbocycles. The predicted octanol–water partition coefficient (Wildman–Crippen LogP) is 3.71. The van der Waals surface area contributed by atoms with E-state index in [1.807, 2.05) is 19.1 Å². The molecular weight excluding hydrogens is 426 g/mol. The second kappa shape index (κ2) is 8.55. The molecule has 30 heavy (non-hydrogen) atoms. The molecule has 2 heterocycles. The van der Waals surface area contributed by atoms with Crippen LogP contribution in [0.2, 0.25) is 5.02 Å².